The average Bonchev–Trinajstić information content (AvgIpc) is 2.62. The highest BCUT2D eigenvalue weighted by molar-refractivity contribution is 6.03. The van der Waals surface area contributed by atoms with E-state index in [-0.39, 0.29) is 23.2 Å². The Hall–Kier alpha value is -2.69. The largest absolute Gasteiger partial charge is 0.351 e. The van der Waals surface area contributed by atoms with Gasteiger partial charge in [0.1, 0.15) is 11.4 Å². The second-order valence-corrected chi connectivity index (χ2v) is 6.12. The fraction of sp³-hybridized carbons (Fsp3) is 0.350. The van der Waals surface area contributed by atoms with Crippen molar-refractivity contribution in [2.45, 2.75) is 40.0 Å². The van der Waals surface area contributed by atoms with E-state index in [4.69, 9.17) is 0 Å². The van der Waals surface area contributed by atoms with Gasteiger partial charge in [0.15, 0.2) is 0 Å². The molecule has 1 heterocycles. The number of anilines is 1. The first-order chi connectivity index (χ1) is 12.0. The number of carbonyl (C=O) groups is 2. The Kier molecular flexibility index (Phi) is 6.69. The average molecular weight is 339 g/mol. The molecule has 0 bridgehead atoms. The number of hydrogen-bond acceptors (Lipinski definition) is 3. The summed E-state index contributed by atoms with van der Waals surface area (Å²) in [7, 11) is 0. The summed E-state index contributed by atoms with van der Waals surface area (Å²) in [6, 6.07) is 10.6. The molecule has 0 saturated heterocycles. The maximum Gasteiger partial charge on any atom is 0.274 e. The molecule has 0 saturated carbocycles. The minimum atomic E-state index is -0.330. The number of nitrogens with zero attached hydrogens (tertiary/aromatic N) is 1. The van der Waals surface area contributed by atoms with Gasteiger partial charge in [-0.2, -0.15) is 0 Å². The molecular weight excluding hydrogens is 314 g/mol. The summed E-state index contributed by atoms with van der Waals surface area (Å²) in [5, 5.41) is 5.65. The van der Waals surface area contributed by atoms with Crippen LogP contribution in [0.4, 0.5) is 5.69 Å². The van der Waals surface area contributed by atoms with Crippen LogP contribution < -0.4 is 10.6 Å². The fourth-order valence-electron chi connectivity index (χ4n) is 2.37. The van der Waals surface area contributed by atoms with Crippen LogP contribution >= 0.6 is 0 Å². The van der Waals surface area contributed by atoms with Crippen molar-refractivity contribution in [3.8, 4) is 0 Å². The van der Waals surface area contributed by atoms with Crippen molar-refractivity contribution in [1.82, 2.24) is 10.3 Å². The molecule has 132 valence electrons. The minimum absolute atomic E-state index is 0.222. The summed E-state index contributed by atoms with van der Waals surface area (Å²) < 4.78 is 0. The zero-order chi connectivity index (χ0) is 18.2. The lowest BCUT2D eigenvalue weighted by molar-refractivity contribution is 0.0948. The number of nitrogens with one attached hydrogen (secondary N) is 2. The zero-order valence-electron chi connectivity index (χ0n) is 15.1. The Morgan fingerprint density at radius 2 is 1.68 bits per heavy atom. The molecule has 1 aromatic heterocycles. The van der Waals surface area contributed by atoms with Crippen molar-refractivity contribution >= 4 is 17.5 Å². The van der Waals surface area contributed by atoms with E-state index in [0.717, 1.165) is 30.4 Å². The van der Waals surface area contributed by atoms with Crippen molar-refractivity contribution in [3.05, 3.63) is 58.9 Å². The summed E-state index contributed by atoms with van der Waals surface area (Å²) in [6.07, 6.45) is 3.11. The summed E-state index contributed by atoms with van der Waals surface area (Å²) in [4.78, 5) is 28.7. The number of rotatable bonds is 7. The molecule has 0 spiro atoms. The van der Waals surface area contributed by atoms with E-state index in [1.807, 2.05) is 32.0 Å². The van der Waals surface area contributed by atoms with E-state index in [0.29, 0.717) is 12.2 Å². The van der Waals surface area contributed by atoms with Gasteiger partial charge in [-0.15, -0.1) is 0 Å². The van der Waals surface area contributed by atoms with Crippen LogP contribution in [0, 0.1) is 13.8 Å². The Morgan fingerprint density at radius 1 is 0.960 bits per heavy atom. The SMILES string of the molecule is CCCCCNC(=O)c1cccc(C(=O)Nc2ccc(C)c(C)c2)n1. The minimum Gasteiger partial charge on any atom is -0.351 e. The topological polar surface area (TPSA) is 71.1 Å². The van der Waals surface area contributed by atoms with Gasteiger partial charge in [-0.3, -0.25) is 9.59 Å². The standard InChI is InChI=1S/C20H25N3O2/c1-4-5-6-12-21-19(24)17-8-7-9-18(23-17)20(25)22-16-11-10-14(2)15(3)13-16/h7-11,13H,4-6,12H2,1-3H3,(H,21,24)(H,22,25). The van der Waals surface area contributed by atoms with Gasteiger partial charge in [0.25, 0.3) is 11.8 Å². The zero-order valence-corrected chi connectivity index (χ0v) is 15.1. The van der Waals surface area contributed by atoms with E-state index in [1.165, 1.54) is 0 Å². The third kappa shape index (κ3) is 5.41. The van der Waals surface area contributed by atoms with Crippen LogP contribution in [0.1, 0.15) is 58.3 Å². The molecule has 2 amide bonds. The number of hydrogen-bond donors (Lipinski definition) is 2. The lowest BCUT2D eigenvalue weighted by Crippen LogP contribution is -2.26. The second kappa shape index (κ2) is 8.97. The van der Waals surface area contributed by atoms with Gasteiger partial charge in [0.05, 0.1) is 0 Å². The molecule has 0 atom stereocenters. The number of pyridine rings is 1. The molecular formula is C20H25N3O2. The number of amides is 2. The predicted octanol–water partition coefficient (Wildman–Crippen LogP) is 3.87. The molecule has 2 aromatic rings. The highest BCUT2D eigenvalue weighted by Crippen LogP contribution is 2.15. The van der Waals surface area contributed by atoms with Gasteiger partial charge >= 0.3 is 0 Å². The lowest BCUT2D eigenvalue weighted by Gasteiger charge is -2.08. The van der Waals surface area contributed by atoms with Gasteiger partial charge < -0.3 is 10.6 Å². The van der Waals surface area contributed by atoms with Crippen molar-refractivity contribution in [2.75, 3.05) is 11.9 Å². The van der Waals surface area contributed by atoms with Crippen LogP contribution in [0.25, 0.3) is 0 Å². The van der Waals surface area contributed by atoms with Crippen LogP contribution in [-0.4, -0.2) is 23.3 Å². The highest BCUT2D eigenvalue weighted by atomic mass is 16.2. The van der Waals surface area contributed by atoms with Gasteiger partial charge in [0, 0.05) is 12.2 Å². The van der Waals surface area contributed by atoms with Crippen LogP contribution in [0.5, 0.6) is 0 Å². The molecule has 0 aliphatic carbocycles. The van der Waals surface area contributed by atoms with E-state index < -0.39 is 0 Å². The molecule has 25 heavy (non-hydrogen) atoms. The summed E-state index contributed by atoms with van der Waals surface area (Å²) >= 11 is 0. The molecule has 1 aromatic carbocycles. The normalized spacial score (nSPS) is 10.4. The quantitative estimate of drug-likeness (QED) is 0.752. The molecule has 0 fully saturated rings. The van der Waals surface area contributed by atoms with Crippen LogP contribution in [0.15, 0.2) is 36.4 Å². The molecule has 5 nitrogen and oxygen atoms in total. The number of aromatic nitrogens is 1. The molecule has 0 unspecified atom stereocenters. The first-order valence-electron chi connectivity index (χ1n) is 8.65. The maximum atomic E-state index is 12.4. The van der Waals surface area contributed by atoms with Crippen LogP contribution in [0.2, 0.25) is 0 Å². The first kappa shape index (κ1) is 18.6. The molecule has 2 rings (SSSR count). The van der Waals surface area contributed by atoms with Crippen LogP contribution in [-0.2, 0) is 0 Å². The van der Waals surface area contributed by atoms with Gasteiger partial charge in [-0.25, -0.2) is 4.98 Å². The molecule has 0 aliphatic heterocycles. The molecule has 0 radical (unpaired) electrons. The lowest BCUT2D eigenvalue weighted by atomic mass is 10.1. The van der Waals surface area contributed by atoms with Crippen molar-refractivity contribution in [3.63, 3.8) is 0 Å². The highest BCUT2D eigenvalue weighted by Gasteiger charge is 2.12. The number of benzene rings is 1. The van der Waals surface area contributed by atoms with Gasteiger partial charge in [-0.1, -0.05) is 31.9 Å². The van der Waals surface area contributed by atoms with E-state index in [9.17, 15) is 9.59 Å². The van der Waals surface area contributed by atoms with Gasteiger partial charge in [0.2, 0.25) is 0 Å². The molecule has 0 aliphatic rings. The Balaban J connectivity index is 2.03. The Bertz CT molecular complexity index is 756. The summed E-state index contributed by atoms with van der Waals surface area (Å²) in [5.41, 5.74) is 3.46. The van der Waals surface area contributed by atoms with E-state index in [2.05, 4.69) is 22.5 Å². The summed E-state index contributed by atoms with van der Waals surface area (Å²) in [6.45, 7) is 6.74. The summed E-state index contributed by atoms with van der Waals surface area (Å²) in [5.74, 6) is -0.583. The smallest absolute Gasteiger partial charge is 0.274 e. The number of carbonyl (C=O) groups excluding carboxylic acids is 2. The molecule has 5 heteroatoms. The van der Waals surface area contributed by atoms with E-state index >= 15 is 0 Å². The Morgan fingerprint density at radius 3 is 2.36 bits per heavy atom. The van der Waals surface area contributed by atoms with E-state index in [1.54, 1.807) is 18.2 Å². The predicted molar refractivity (Wildman–Crippen MR) is 100.0 cm³/mol. The molecule has 2 N–H and O–H groups in total. The van der Waals surface area contributed by atoms with Crippen LogP contribution in [0.3, 0.4) is 0 Å². The Labute approximate surface area is 148 Å². The number of unbranched alkanes of at least 4 members (excludes halogenated alkanes) is 2. The van der Waals surface area contributed by atoms with Crippen molar-refractivity contribution in [1.29, 1.82) is 0 Å². The second-order valence-electron chi connectivity index (χ2n) is 6.12. The number of aryl methyl sites for hydroxylation is 2. The third-order valence-electron chi connectivity index (χ3n) is 4.05. The van der Waals surface area contributed by atoms with Crippen molar-refractivity contribution < 1.29 is 9.59 Å². The van der Waals surface area contributed by atoms with Crippen molar-refractivity contribution in [2.24, 2.45) is 0 Å². The third-order valence-corrected chi connectivity index (χ3v) is 4.05. The monoisotopic (exact) mass is 339 g/mol. The van der Waals surface area contributed by atoms with Gasteiger partial charge in [-0.05, 0) is 55.7 Å². The maximum absolute atomic E-state index is 12.4. The fourth-order valence-corrected chi connectivity index (χ4v) is 2.37. The first-order valence-corrected chi connectivity index (χ1v) is 8.65.